The van der Waals surface area contributed by atoms with Crippen LogP contribution in [-0.4, -0.2) is 19.7 Å². The number of hydrogen-bond donors (Lipinski definition) is 1. The zero-order valence-electron chi connectivity index (χ0n) is 11.3. The van der Waals surface area contributed by atoms with Crippen molar-refractivity contribution in [1.29, 1.82) is 0 Å². The average molecular weight is 285 g/mol. The predicted molar refractivity (Wildman–Crippen MR) is 80.2 cm³/mol. The summed E-state index contributed by atoms with van der Waals surface area (Å²) in [5.74, 6) is 0.755. The van der Waals surface area contributed by atoms with Gasteiger partial charge < -0.3 is 5.32 Å². The lowest BCUT2D eigenvalue weighted by molar-refractivity contribution is 0.832. The number of rotatable bonds is 4. The van der Waals surface area contributed by atoms with Crippen LogP contribution in [0.25, 0.3) is 5.82 Å². The Bertz CT molecular complexity index is 689. The zero-order chi connectivity index (χ0) is 13.9. The van der Waals surface area contributed by atoms with Crippen LogP contribution in [0.15, 0.2) is 43.1 Å². The molecule has 1 unspecified atom stereocenters. The van der Waals surface area contributed by atoms with Crippen molar-refractivity contribution < 1.29 is 0 Å². The van der Waals surface area contributed by atoms with Gasteiger partial charge >= 0.3 is 0 Å². The molecule has 3 aromatic rings. The van der Waals surface area contributed by atoms with E-state index >= 15 is 0 Å². The number of nitrogens with zero attached hydrogens (tertiary/aromatic N) is 4. The fourth-order valence-corrected chi connectivity index (χ4v) is 2.88. The highest BCUT2D eigenvalue weighted by atomic mass is 32.1. The Kier molecular flexibility index (Phi) is 3.47. The molecule has 3 heterocycles. The Labute approximate surface area is 121 Å². The van der Waals surface area contributed by atoms with Crippen molar-refractivity contribution >= 4 is 17.0 Å². The summed E-state index contributed by atoms with van der Waals surface area (Å²) in [6, 6.07) is 8.43. The van der Waals surface area contributed by atoms with E-state index in [1.54, 1.807) is 28.5 Å². The van der Waals surface area contributed by atoms with Gasteiger partial charge in [0.15, 0.2) is 5.82 Å². The fourth-order valence-electron chi connectivity index (χ4n) is 2.00. The maximum atomic E-state index is 4.37. The number of pyridine rings is 1. The Balaban J connectivity index is 1.88. The van der Waals surface area contributed by atoms with Gasteiger partial charge in [0.05, 0.1) is 11.7 Å². The maximum absolute atomic E-state index is 4.37. The molecule has 0 spiro atoms. The first kappa shape index (κ1) is 12.8. The summed E-state index contributed by atoms with van der Waals surface area (Å²) in [5.41, 5.74) is 0.941. The second-order valence-corrected chi connectivity index (χ2v) is 5.85. The molecule has 102 valence electrons. The third-order valence-electron chi connectivity index (χ3n) is 2.98. The Hall–Kier alpha value is -2.21. The van der Waals surface area contributed by atoms with Crippen LogP contribution >= 0.6 is 11.3 Å². The molecular formula is C14H15N5S. The van der Waals surface area contributed by atoms with Crippen molar-refractivity contribution in [2.45, 2.75) is 19.9 Å². The fraction of sp³-hybridized carbons (Fsp3) is 0.214. The lowest BCUT2D eigenvalue weighted by Crippen LogP contribution is -2.09. The van der Waals surface area contributed by atoms with E-state index in [1.807, 2.05) is 12.1 Å². The Morgan fingerprint density at radius 1 is 1.30 bits per heavy atom. The molecule has 0 saturated heterocycles. The molecule has 3 rings (SSSR count). The molecule has 20 heavy (non-hydrogen) atoms. The molecule has 0 aromatic carbocycles. The molecule has 3 aromatic heterocycles. The summed E-state index contributed by atoms with van der Waals surface area (Å²) >= 11 is 1.80. The third-order valence-corrected chi connectivity index (χ3v) is 4.17. The number of thiophene rings is 1. The molecule has 0 aliphatic carbocycles. The van der Waals surface area contributed by atoms with Gasteiger partial charge in [-0.2, -0.15) is 5.10 Å². The van der Waals surface area contributed by atoms with E-state index < -0.39 is 0 Å². The minimum atomic E-state index is 0.222. The van der Waals surface area contributed by atoms with E-state index in [1.165, 1.54) is 16.1 Å². The molecule has 0 saturated carbocycles. The summed E-state index contributed by atoms with van der Waals surface area (Å²) in [7, 11) is 0. The second kappa shape index (κ2) is 5.42. The normalized spacial score (nSPS) is 12.3. The van der Waals surface area contributed by atoms with Gasteiger partial charge in [-0.1, -0.05) is 0 Å². The van der Waals surface area contributed by atoms with Crippen molar-refractivity contribution in [3.8, 4) is 5.82 Å². The molecule has 6 heteroatoms. The smallest absolute Gasteiger partial charge is 0.178 e. The molecule has 0 fully saturated rings. The van der Waals surface area contributed by atoms with Crippen LogP contribution in [0.4, 0.5) is 5.69 Å². The third kappa shape index (κ3) is 2.55. The first-order chi connectivity index (χ1) is 9.74. The first-order valence-corrected chi connectivity index (χ1v) is 7.18. The van der Waals surface area contributed by atoms with Crippen LogP contribution in [0, 0.1) is 6.92 Å². The highest BCUT2D eigenvalue weighted by Gasteiger charge is 2.12. The number of anilines is 1. The van der Waals surface area contributed by atoms with Gasteiger partial charge in [-0.05, 0) is 38.1 Å². The molecule has 0 radical (unpaired) electrons. The average Bonchev–Trinajstić information content (AvgIpc) is 3.10. The van der Waals surface area contributed by atoms with Crippen LogP contribution < -0.4 is 5.32 Å². The van der Waals surface area contributed by atoms with Gasteiger partial charge in [-0.3, -0.25) is 0 Å². The largest absolute Gasteiger partial charge is 0.375 e. The van der Waals surface area contributed by atoms with Crippen molar-refractivity contribution in [3.63, 3.8) is 0 Å². The van der Waals surface area contributed by atoms with E-state index in [2.05, 4.69) is 46.4 Å². The number of aryl methyl sites for hydroxylation is 1. The van der Waals surface area contributed by atoms with Crippen molar-refractivity contribution in [2.75, 3.05) is 5.32 Å². The van der Waals surface area contributed by atoms with Gasteiger partial charge in [0.1, 0.15) is 12.7 Å². The summed E-state index contributed by atoms with van der Waals surface area (Å²) in [4.78, 5) is 11.0. The van der Waals surface area contributed by atoms with Crippen LogP contribution in [0.3, 0.4) is 0 Å². The SMILES string of the molecule is Cc1ccc(C(C)Nc2cccnc2-n2cncn2)s1. The number of hydrogen-bond acceptors (Lipinski definition) is 5. The lowest BCUT2D eigenvalue weighted by Gasteiger charge is -2.16. The van der Waals surface area contributed by atoms with Crippen molar-refractivity contribution in [2.24, 2.45) is 0 Å². The van der Waals surface area contributed by atoms with Crippen molar-refractivity contribution in [3.05, 3.63) is 52.9 Å². The van der Waals surface area contributed by atoms with Crippen LogP contribution in [0.2, 0.25) is 0 Å². The molecular weight excluding hydrogens is 270 g/mol. The molecule has 0 aliphatic rings. The van der Waals surface area contributed by atoms with Crippen molar-refractivity contribution in [1.82, 2.24) is 19.7 Å². The van der Waals surface area contributed by atoms with Crippen LogP contribution in [0.5, 0.6) is 0 Å². The highest BCUT2D eigenvalue weighted by molar-refractivity contribution is 7.12. The van der Waals surface area contributed by atoms with E-state index in [4.69, 9.17) is 0 Å². The van der Waals surface area contributed by atoms with Gasteiger partial charge in [0.25, 0.3) is 0 Å². The zero-order valence-corrected chi connectivity index (χ0v) is 12.1. The predicted octanol–water partition coefficient (Wildman–Crippen LogP) is 3.21. The highest BCUT2D eigenvalue weighted by Crippen LogP contribution is 2.27. The van der Waals surface area contributed by atoms with E-state index in [0.717, 1.165) is 11.5 Å². The lowest BCUT2D eigenvalue weighted by atomic mass is 10.2. The summed E-state index contributed by atoms with van der Waals surface area (Å²) in [6.07, 6.45) is 4.90. The second-order valence-electron chi connectivity index (χ2n) is 4.53. The Morgan fingerprint density at radius 3 is 2.90 bits per heavy atom. The monoisotopic (exact) mass is 285 g/mol. The van der Waals surface area contributed by atoms with Gasteiger partial charge in [0, 0.05) is 16.0 Å². The van der Waals surface area contributed by atoms with Crippen LogP contribution in [0.1, 0.15) is 22.7 Å². The topological polar surface area (TPSA) is 55.6 Å². The summed E-state index contributed by atoms with van der Waals surface area (Å²) < 4.78 is 1.66. The van der Waals surface area contributed by atoms with E-state index in [0.29, 0.717) is 0 Å². The van der Waals surface area contributed by atoms with Crippen LogP contribution in [-0.2, 0) is 0 Å². The molecule has 0 bridgehead atoms. The molecule has 0 aliphatic heterocycles. The van der Waals surface area contributed by atoms with E-state index in [-0.39, 0.29) is 6.04 Å². The Morgan fingerprint density at radius 2 is 2.20 bits per heavy atom. The van der Waals surface area contributed by atoms with Gasteiger partial charge in [-0.25, -0.2) is 14.6 Å². The molecule has 1 N–H and O–H groups in total. The van der Waals surface area contributed by atoms with Gasteiger partial charge in [-0.15, -0.1) is 11.3 Å². The minimum Gasteiger partial charge on any atom is -0.375 e. The minimum absolute atomic E-state index is 0.222. The number of aromatic nitrogens is 4. The maximum Gasteiger partial charge on any atom is 0.178 e. The first-order valence-electron chi connectivity index (χ1n) is 6.37. The van der Waals surface area contributed by atoms with Gasteiger partial charge in [0.2, 0.25) is 0 Å². The summed E-state index contributed by atoms with van der Waals surface area (Å²) in [6.45, 7) is 4.26. The molecule has 5 nitrogen and oxygen atoms in total. The standard InChI is InChI=1S/C14H15N5S/c1-10-5-6-13(20-10)11(2)18-12-4-3-7-16-14(12)19-9-15-8-17-19/h3-9,11,18H,1-2H3. The molecule has 1 atom stereocenters. The summed E-state index contributed by atoms with van der Waals surface area (Å²) in [5, 5.41) is 7.62. The molecule has 0 amide bonds. The quantitative estimate of drug-likeness (QED) is 0.799. The number of nitrogens with one attached hydrogen (secondary N) is 1. The van der Waals surface area contributed by atoms with E-state index in [9.17, 15) is 0 Å².